The molecule has 1 saturated heterocycles. The fourth-order valence-electron chi connectivity index (χ4n) is 3.11. The number of rotatable bonds is 6. The van der Waals surface area contributed by atoms with Crippen molar-refractivity contribution in [3.05, 3.63) is 23.8 Å². The lowest BCUT2D eigenvalue weighted by atomic mass is 9.96. The summed E-state index contributed by atoms with van der Waals surface area (Å²) in [6.45, 7) is 6.52. The van der Waals surface area contributed by atoms with Crippen LogP contribution in [0.4, 0.5) is 5.69 Å². The number of carbonyl (C=O) groups is 1. The zero-order valence-corrected chi connectivity index (χ0v) is 16.2. The van der Waals surface area contributed by atoms with E-state index in [0.717, 1.165) is 25.7 Å². The van der Waals surface area contributed by atoms with E-state index in [4.69, 9.17) is 5.73 Å². The largest absolute Gasteiger partial charge is 0.324 e. The number of nitrogens with one attached hydrogen (secondary N) is 1. The number of piperidine rings is 1. The minimum absolute atomic E-state index is 0.251. The molecule has 0 aromatic heterocycles. The predicted molar refractivity (Wildman–Crippen MR) is 99.9 cm³/mol. The Morgan fingerprint density at radius 3 is 2.52 bits per heavy atom. The molecular weight excluding hydrogens is 338 g/mol. The third-order valence-corrected chi connectivity index (χ3v) is 6.71. The van der Waals surface area contributed by atoms with Gasteiger partial charge in [0.2, 0.25) is 15.9 Å². The summed E-state index contributed by atoms with van der Waals surface area (Å²) in [4.78, 5) is 12.6. The fourth-order valence-corrected chi connectivity index (χ4v) is 4.87. The molecule has 0 bridgehead atoms. The molecule has 0 radical (unpaired) electrons. The third kappa shape index (κ3) is 4.59. The molecule has 1 amide bonds. The highest BCUT2D eigenvalue weighted by atomic mass is 32.2. The van der Waals surface area contributed by atoms with Gasteiger partial charge in [0.05, 0.1) is 10.4 Å². The normalized spacial score (nSPS) is 18.6. The zero-order chi connectivity index (χ0) is 18.7. The Kier molecular flexibility index (Phi) is 6.24. The first-order chi connectivity index (χ1) is 11.7. The fraction of sp³-hybridized carbons (Fsp3) is 0.611. The highest BCUT2D eigenvalue weighted by Crippen LogP contribution is 2.26. The molecule has 7 heteroatoms. The SMILES string of the molecule is CCCC(C)(N)C(=O)Nc1ccc(C)c(S(=O)(=O)N2CCCCC2)c1. The second-order valence-corrected chi connectivity index (χ2v) is 8.97. The van der Waals surface area contributed by atoms with Crippen LogP contribution in [-0.4, -0.2) is 37.3 Å². The van der Waals surface area contributed by atoms with Crippen LogP contribution in [-0.2, 0) is 14.8 Å². The van der Waals surface area contributed by atoms with E-state index >= 15 is 0 Å². The van der Waals surface area contributed by atoms with Crippen molar-refractivity contribution in [1.29, 1.82) is 0 Å². The summed E-state index contributed by atoms with van der Waals surface area (Å²) >= 11 is 0. The molecule has 25 heavy (non-hydrogen) atoms. The maximum atomic E-state index is 12.9. The molecule has 1 atom stereocenters. The molecule has 3 N–H and O–H groups in total. The number of carbonyl (C=O) groups excluding carboxylic acids is 1. The van der Waals surface area contributed by atoms with Gasteiger partial charge in [0.15, 0.2) is 0 Å². The maximum Gasteiger partial charge on any atom is 0.244 e. The molecule has 0 saturated carbocycles. The second kappa shape index (κ2) is 7.85. The third-order valence-electron chi connectivity index (χ3n) is 4.67. The monoisotopic (exact) mass is 367 g/mol. The second-order valence-electron chi connectivity index (χ2n) is 7.07. The number of anilines is 1. The molecule has 1 aliphatic rings. The molecule has 1 unspecified atom stereocenters. The van der Waals surface area contributed by atoms with Crippen LogP contribution in [0.5, 0.6) is 0 Å². The Balaban J connectivity index is 2.27. The molecule has 1 aliphatic heterocycles. The first-order valence-corrected chi connectivity index (χ1v) is 10.3. The van der Waals surface area contributed by atoms with Crippen LogP contribution in [0.15, 0.2) is 23.1 Å². The van der Waals surface area contributed by atoms with Crippen molar-refractivity contribution in [1.82, 2.24) is 4.31 Å². The molecule has 1 aromatic carbocycles. The van der Waals surface area contributed by atoms with Crippen LogP contribution in [0.25, 0.3) is 0 Å². The van der Waals surface area contributed by atoms with E-state index in [9.17, 15) is 13.2 Å². The first kappa shape index (κ1) is 19.9. The van der Waals surface area contributed by atoms with Crippen LogP contribution in [0.1, 0.15) is 51.5 Å². The van der Waals surface area contributed by atoms with Gasteiger partial charge in [-0.15, -0.1) is 0 Å². The van der Waals surface area contributed by atoms with Crippen molar-refractivity contribution in [3.8, 4) is 0 Å². The lowest BCUT2D eigenvalue weighted by molar-refractivity contribution is -0.120. The Morgan fingerprint density at radius 1 is 1.28 bits per heavy atom. The van der Waals surface area contributed by atoms with Gasteiger partial charge >= 0.3 is 0 Å². The van der Waals surface area contributed by atoms with Gasteiger partial charge in [0.25, 0.3) is 0 Å². The highest BCUT2D eigenvalue weighted by molar-refractivity contribution is 7.89. The number of sulfonamides is 1. The van der Waals surface area contributed by atoms with Gasteiger partial charge in [-0.05, 0) is 50.8 Å². The maximum absolute atomic E-state index is 12.9. The van der Waals surface area contributed by atoms with E-state index < -0.39 is 15.6 Å². The molecule has 0 aliphatic carbocycles. The van der Waals surface area contributed by atoms with Crippen molar-refractivity contribution >= 4 is 21.6 Å². The van der Waals surface area contributed by atoms with Crippen LogP contribution in [0.2, 0.25) is 0 Å². The summed E-state index contributed by atoms with van der Waals surface area (Å²) < 4.78 is 27.4. The average molecular weight is 368 g/mol. The Labute approximate surface area is 150 Å². The number of hydrogen-bond acceptors (Lipinski definition) is 4. The van der Waals surface area contributed by atoms with E-state index in [-0.39, 0.29) is 10.8 Å². The summed E-state index contributed by atoms with van der Waals surface area (Å²) in [7, 11) is -3.55. The van der Waals surface area contributed by atoms with Crippen LogP contribution in [0.3, 0.4) is 0 Å². The van der Waals surface area contributed by atoms with Crippen LogP contribution in [0, 0.1) is 6.92 Å². The Bertz CT molecular complexity index is 723. The van der Waals surface area contributed by atoms with E-state index in [1.54, 1.807) is 32.0 Å². The highest BCUT2D eigenvalue weighted by Gasteiger charge is 2.29. The average Bonchev–Trinajstić information content (AvgIpc) is 2.57. The smallest absolute Gasteiger partial charge is 0.244 e. The van der Waals surface area contributed by atoms with Gasteiger partial charge in [-0.2, -0.15) is 4.31 Å². The number of nitrogens with zero attached hydrogens (tertiary/aromatic N) is 1. The van der Waals surface area contributed by atoms with Crippen molar-refractivity contribution in [2.45, 2.75) is 63.3 Å². The van der Waals surface area contributed by atoms with Crippen molar-refractivity contribution in [3.63, 3.8) is 0 Å². The minimum Gasteiger partial charge on any atom is -0.324 e. The van der Waals surface area contributed by atoms with E-state index in [1.165, 1.54) is 4.31 Å². The zero-order valence-electron chi connectivity index (χ0n) is 15.3. The van der Waals surface area contributed by atoms with Crippen molar-refractivity contribution in [2.24, 2.45) is 5.73 Å². The van der Waals surface area contributed by atoms with Gasteiger partial charge < -0.3 is 11.1 Å². The Morgan fingerprint density at radius 2 is 1.92 bits per heavy atom. The van der Waals surface area contributed by atoms with Gasteiger partial charge in [-0.3, -0.25) is 4.79 Å². The van der Waals surface area contributed by atoms with Gasteiger partial charge in [0, 0.05) is 18.8 Å². The van der Waals surface area contributed by atoms with E-state index in [1.807, 2.05) is 6.92 Å². The quantitative estimate of drug-likeness (QED) is 0.808. The molecule has 0 spiro atoms. The lowest BCUT2D eigenvalue weighted by Crippen LogP contribution is -2.48. The van der Waals surface area contributed by atoms with Crippen molar-refractivity contribution < 1.29 is 13.2 Å². The summed E-state index contributed by atoms with van der Waals surface area (Å²) in [5, 5.41) is 2.76. The van der Waals surface area contributed by atoms with Gasteiger partial charge in [0.1, 0.15) is 0 Å². The van der Waals surface area contributed by atoms with Crippen LogP contribution >= 0.6 is 0 Å². The van der Waals surface area contributed by atoms with Crippen LogP contribution < -0.4 is 11.1 Å². The molecule has 1 heterocycles. The first-order valence-electron chi connectivity index (χ1n) is 8.89. The number of amides is 1. The summed E-state index contributed by atoms with van der Waals surface area (Å²) in [6, 6.07) is 4.98. The molecule has 1 aromatic rings. The number of hydrogen-bond donors (Lipinski definition) is 2. The summed E-state index contributed by atoms with van der Waals surface area (Å²) in [5.41, 5.74) is 6.20. The van der Waals surface area contributed by atoms with Crippen molar-refractivity contribution in [2.75, 3.05) is 18.4 Å². The number of benzene rings is 1. The van der Waals surface area contributed by atoms with Gasteiger partial charge in [-0.1, -0.05) is 25.8 Å². The molecule has 1 fully saturated rings. The molecular formula is C18H29N3O3S. The molecule has 6 nitrogen and oxygen atoms in total. The number of nitrogens with two attached hydrogens (primary N) is 1. The molecule has 2 rings (SSSR count). The Hall–Kier alpha value is -1.44. The topological polar surface area (TPSA) is 92.5 Å². The summed E-state index contributed by atoms with van der Waals surface area (Å²) in [5.74, 6) is -0.306. The van der Waals surface area contributed by atoms with Gasteiger partial charge in [-0.25, -0.2) is 8.42 Å². The lowest BCUT2D eigenvalue weighted by Gasteiger charge is -2.27. The summed E-state index contributed by atoms with van der Waals surface area (Å²) in [6.07, 6.45) is 4.19. The standard InChI is InChI=1S/C18H29N3O3S/c1-4-10-18(3,19)17(22)20-15-9-8-14(2)16(13-15)25(23,24)21-11-6-5-7-12-21/h8-9,13H,4-7,10-12,19H2,1-3H3,(H,20,22). The van der Waals surface area contributed by atoms with E-state index in [2.05, 4.69) is 5.32 Å². The van der Waals surface area contributed by atoms with E-state index in [0.29, 0.717) is 30.8 Å². The minimum atomic E-state index is -3.55. The predicted octanol–water partition coefficient (Wildman–Crippen LogP) is 2.63. The molecule has 140 valence electrons. The number of aryl methyl sites for hydroxylation is 1.